The molecule has 0 fully saturated rings. The Labute approximate surface area is 349 Å². The van der Waals surface area contributed by atoms with E-state index in [2.05, 4.69) is 183 Å². The van der Waals surface area contributed by atoms with Crippen LogP contribution in [0.5, 0.6) is 0 Å². The molecule has 5 heteroatoms. The Morgan fingerprint density at radius 1 is 0.467 bits per heavy atom. The fraction of sp³-hybridized carbons (Fsp3) is 0.182. The van der Waals surface area contributed by atoms with Crippen molar-refractivity contribution in [2.24, 2.45) is 0 Å². The molecular formula is C55H47N5. The number of aromatic nitrogens is 5. The summed E-state index contributed by atoms with van der Waals surface area (Å²) in [6.45, 7) is 3.32. The molecule has 0 bridgehead atoms. The minimum Gasteiger partial charge on any atom is -0.340 e. The maximum absolute atomic E-state index is 5.68. The highest BCUT2D eigenvalue weighted by atomic mass is 15.2. The van der Waals surface area contributed by atoms with Crippen LogP contribution in [-0.4, -0.2) is 23.3 Å². The number of rotatable bonds is 10. The molecule has 0 radical (unpaired) electrons. The van der Waals surface area contributed by atoms with Crippen molar-refractivity contribution < 1.29 is 0 Å². The van der Waals surface area contributed by atoms with Crippen LogP contribution >= 0.6 is 0 Å². The molecule has 0 N–H and O–H groups in total. The van der Waals surface area contributed by atoms with Crippen molar-refractivity contribution in [3.05, 3.63) is 163 Å². The Morgan fingerprint density at radius 2 is 1.07 bits per heavy atom. The second kappa shape index (κ2) is 14.2. The van der Waals surface area contributed by atoms with Crippen molar-refractivity contribution >= 4 is 82.4 Å². The predicted octanol–water partition coefficient (Wildman–Crippen LogP) is 14.6. The Balaban J connectivity index is 1.09. The van der Waals surface area contributed by atoms with Crippen molar-refractivity contribution in [1.29, 1.82) is 0 Å². The first-order valence-electron chi connectivity index (χ1n) is 22.0. The first-order chi connectivity index (χ1) is 29.8. The van der Waals surface area contributed by atoms with Crippen molar-refractivity contribution in [3.8, 4) is 17.3 Å². The summed E-state index contributed by atoms with van der Waals surface area (Å²) in [6, 6.07) is 53.7. The zero-order valence-electron chi connectivity index (χ0n) is 34.1. The van der Waals surface area contributed by atoms with Crippen LogP contribution in [0.1, 0.15) is 63.1 Å². The molecule has 0 saturated carbocycles. The van der Waals surface area contributed by atoms with Gasteiger partial charge in [-0.2, -0.15) is 0 Å². The Morgan fingerprint density at radius 3 is 1.87 bits per heavy atom. The van der Waals surface area contributed by atoms with Gasteiger partial charge < -0.3 is 9.13 Å². The standard InChI is InChI=1S/C55H47N5/c1-2-3-4-5-6-18-34-57-46-26-14-10-24-40(46)44-36-51-45(35-50(44)57)41-25-13-16-28-48(41)59(51)52-30-19-31-53(56-52)60-49-29-17-12-23-39(49)43-33-32-42-38-22-11-15-27-47(38)58(54(42)55(43)60)37-20-8-7-9-21-37/h7-11,13-17,19-22,24-33,35-36H,2-6,12,18,23,34H2,1H3. The van der Waals surface area contributed by atoms with E-state index in [9.17, 15) is 0 Å². The number of aryl methyl sites for hydroxylation is 2. The van der Waals surface area contributed by atoms with Crippen LogP contribution in [0, 0.1) is 0 Å². The third-order valence-electron chi connectivity index (χ3n) is 13.2. The van der Waals surface area contributed by atoms with Gasteiger partial charge in [0, 0.05) is 61.0 Å². The Bertz CT molecular complexity index is 3480. The summed E-state index contributed by atoms with van der Waals surface area (Å²) in [5, 5.41) is 8.93. The van der Waals surface area contributed by atoms with Gasteiger partial charge in [0.25, 0.3) is 0 Å². The van der Waals surface area contributed by atoms with Gasteiger partial charge in [0.05, 0.1) is 33.3 Å². The number of allylic oxidation sites excluding steroid dienone is 1. The second-order valence-corrected chi connectivity index (χ2v) is 16.7. The molecule has 1 aliphatic rings. The van der Waals surface area contributed by atoms with E-state index in [0.29, 0.717) is 0 Å². The van der Waals surface area contributed by atoms with Crippen molar-refractivity contribution in [2.45, 2.75) is 64.8 Å². The number of fused-ring (bicyclic) bond motifs is 13. The van der Waals surface area contributed by atoms with Crippen molar-refractivity contribution in [2.75, 3.05) is 0 Å². The van der Waals surface area contributed by atoms with E-state index >= 15 is 0 Å². The van der Waals surface area contributed by atoms with E-state index in [-0.39, 0.29) is 0 Å². The number of unbranched alkanes of at least 4 members (excludes halogenated alkanes) is 5. The minimum atomic E-state index is 0.917. The molecule has 0 atom stereocenters. The van der Waals surface area contributed by atoms with Crippen LogP contribution in [-0.2, 0) is 13.0 Å². The van der Waals surface area contributed by atoms with Crippen LogP contribution in [0.15, 0.2) is 152 Å². The van der Waals surface area contributed by atoms with E-state index in [0.717, 1.165) is 36.7 Å². The average molecular weight is 778 g/mol. The quantitative estimate of drug-likeness (QED) is 0.127. The molecule has 0 spiro atoms. The van der Waals surface area contributed by atoms with Gasteiger partial charge in [-0.15, -0.1) is 0 Å². The topological polar surface area (TPSA) is 32.6 Å². The summed E-state index contributed by atoms with van der Waals surface area (Å²) >= 11 is 0. The molecule has 0 unspecified atom stereocenters. The number of hydrogen-bond donors (Lipinski definition) is 0. The molecule has 6 aromatic carbocycles. The van der Waals surface area contributed by atoms with Crippen LogP contribution in [0.4, 0.5) is 0 Å². The summed E-state index contributed by atoms with van der Waals surface area (Å²) in [4.78, 5) is 5.68. The van der Waals surface area contributed by atoms with Crippen LogP contribution in [0.2, 0.25) is 0 Å². The molecular weight excluding hydrogens is 731 g/mol. The van der Waals surface area contributed by atoms with Crippen molar-refractivity contribution in [3.63, 3.8) is 0 Å². The van der Waals surface area contributed by atoms with Gasteiger partial charge in [-0.1, -0.05) is 136 Å². The summed E-state index contributed by atoms with van der Waals surface area (Å²) in [5.41, 5.74) is 12.4. The van der Waals surface area contributed by atoms with Crippen LogP contribution in [0.25, 0.3) is 99.7 Å². The monoisotopic (exact) mass is 777 g/mol. The molecule has 5 nitrogen and oxygen atoms in total. The smallest absolute Gasteiger partial charge is 0.140 e. The summed E-state index contributed by atoms with van der Waals surface area (Å²) in [6.07, 6.45) is 14.4. The lowest BCUT2D eigenvalue weighted by Crippen LogP contribution is -2.06. The molecule has 11 aromatic rings. The number of hydrogen-bond acceptors (Lipinski definition) is 1. The molecule has 5 aromatic heterocycles. The minimum absolute atomic E-state index is 0.917. The van der Waals surface area contributed by atoms with E-state index in [1.165, 1.54) is 126 Å². The maximum atomic E-state index is 5.68. The largest absolute Gasteiger partial charge is 0.340 e. The summed E-state index contributed by atoms with van der Waals surface area (Å²) in [7, 11) is 0. The summed E-state index contributed by atoms with van der Waals surface area (Å²) < 4.78 is 9.90. The fourth-order valence-corrected chi connectivity index (χ4v) is 10.6. The molecule has 0 amide bonds. The fourth-order valence-electron chi connectivity index (χ4n) is 10.6. The van der Waals surface area contributed by atoms with Gasteiger partial charge >= 0.3 is 0 Å². The highest BCUT2D eigenvalue weighted by Gasteiger charge is 2.25. The molecule has 1 aliphatic carbocycles. The average Bonchev–Trinajstić information content (AvgIpc) is 4.02. The number of benzene rings is 6. The van der Waals surface area contributed by atoms with E-state index in [1.807, 2.05) is 0 Å². The molecule has 0 aliphatic heterocycles. The lowest BCUT2D eigenvalue weighted by molar-refractivity contribution is 0.571. The van der Waals surface area contributed by atoms with E-state index in [4.69, 9.17) is 4.98 Å². The molecule has 292 valence electrons. The number of pyridine rings is 1. The normalized spacial score (nSPS) is 13.0. The predicted molar refractivity (Wildman–Crippen MR) is 253 cm³/mol. The zero-order chi connectivity index (χ0) is 39.7. The lowest BCUT2D eigenvalue weighted by Gasteiger charge is -2.15. The molecule has 5 heterocycles. The highest BCUT2D eigenvalue weighted by Crippen LogP contribution is 2.43. The van der Waals surface area contributed by atoms with Crippen molar-refractivity contribution in [1.82, 2.24) is 23.3 Å². The van der Waals surface area contributed by atoms with Gasteiger partial charge in [0.1, 0.15) is 11.6 Å². The lowest BCUT2D eigenvalue weighted by atomic mass is 10.00. The number of nitrogens with zero attached hydrogens (tertiary/aromatic N) is 5. The summed E-state index contributed by atoms with van der Waals surface area (Å²) in [5.74, 6) is 1.84. The third-order valence-corrected chi connectivity index (χ3v) is 13.2. The van der Waals surface area contributed by atoms with Crippen LogP contribution in [0.3, 0.4) is 0 Å². The first-order valence-corrected chi connectivity index (χ1v) is 22.0. The van der Waals surface area contributed by atoms with Gasteiger partial charge in [-0.05, 0) is 85.5 Å². The SMILES string of the molecule is CCCCCCCCn1c2ccccc2c2cc3c(cc21)c1ccccc1n3-c1cccc(-n2c3c(c4ccc5c6ccccc6n(-c6ccccc6)c5c42)CCC=C3)n1. The highest BCUT2D eigenvalue weighted by molar-refractivity contribution is 6.20. The molecule has 0 saturated heterocycles. The Kier molecular flexibility index (Phi) is 8.29. The van der Waals surface area contributed by atoms with Gasteiger partial charge in [-0.25, -0.2) is 4.98 Å². The molecule has 60 heavy (non-hydrogen) atoms. The van der Waals surface area contributed by atoms with E-state index < -0.39 is 0 Å². The number of para-hydroxylation sites is 4. The van der Waals surface area contributed by atoms with Gasteiger partial charge in [0.2, 0.25) is 0 Å². The molecule has 12 rings (SSSR count). The maximum Gasteiger partial charge on any atom is 0.140 e. The Hall–Kier alpha value is -6.85. The second-order valence-electron chi connectivity index (χ2n) is 16.7. The third kappa shape index (κ3) is 5.28. The van der Waals surface area contributed by atoms with Crippen LogP contribution < -0.4 is 0 Å². The first kappa shape index (κ1) is 35.1. The zero-order valence-corrected chi connectivity index (χ0v) is 34.1. The van der Waals surface area contributed by atoms with Gasteiger partial charge in [0.15, 0.2) is 0 Å². The van der Waals surface area contributed by atoms with Gasteiger partial charge in [-0.3, -0.25) is 9.13 Å². The van der Waals surface area contributed by atoms with E-state index in [1.54, 1.807) is 0 Å².